The summed E-state index contributed by atoms with van der Waals surface area (Å²) < 4.78 is 0. The minimum atomic E-state index is 0.384. The van der Waals surface area contributed by atoms with E-state index in [9.17, 15) is 15.3 Å². The molecule has 0 fully saturated rings. The normalized spacial score (nSPS) is 10.7. The fraction of sp³-hybridized carbons (Fsp3) is 0.400. The van der Waals surface area contributed by atoms with Crippen molar-refractivity contribution in [1.82, 2.24) is 14.7 Å². The van der Waals surface area contributed by atoms with Gasteiger partial charge in [0.15, 0.2) is 0 Å². The van der Waals surface area contributed by atoms with Gasteiger partial charge in [0.05, 0.1) is 0 Å². The maximum atomic E-state index is 9.51. The van der Waals surface area contributed by atoms with Crippen molar-refractivity contribution >= 4 is 0 Å². The standard InChI is InChI=1S/3C10H15NO/c1-8-4-5-10(12)9(6-8)7-11(2)3;1-8-4-5-9(7-11(2)3)10(12)6-8;1-8-5-4-6-10(12)9(8)7-11(2)3/h3*4-6,12H,7H2,1-3H3. The van der Waals surface area contributed by atoms with E-state index in [0.717, 1.165) is 47.5 Å². The number of nitrogens with zero attached hydrogens (tertiary/aromatic N) is 3. The lowest BCUT2D eigenvalue weighted by atomic mass is 10.1. The number of rotatable bonds is 6. The molecule has 0 bridgehead atoms. The summed E-state index contributed by atoms with van der Waals surface area (Å²) in [6, 6.07) is 17.0. The molecule has 3 aromatic rings. The molecule has 0 aliphatic heterocycles. The van der Waals surface area contributed by atoms with E-state index in [1.165, 1.54) is 5.56 Å². The molecule has 0 aliphatic rings. The van der Waals surface area contributed by atoms with Gasteiger partial charge in [0.25, 0.3) is 0 Å². The van der Waals surface area contributed by atoms with Crippen molar-refractivity contribution in [1.29, 1.82) is 0 Å². The minimum absolute atomic E-state index is 0.384. The summed E-state index contributed by atoms with van der Waals surface area (Å²) in [4.78, 5) is 6.11. The Morgan fingerprint density at radius 3 is 1.58 bits per heavy atom. The van der Waals surface area contributed by atoms with Gasteiger partial charge in [-0.3, -0.25) is 0 Å². The first-order valence-corrected chi connectivity index (χ1v) is 12.1. The summed E-state index contributed by atoms with van der Waals surface area (Å²) in [5.74, 6) is 1.17. The van der Waals surface area contributed by atoms with Gasteiger partial charge in [0, 0.05) is 36.3 Å². The van der Waals surface area contributed by atoms with Crippen LogP contribution in [0.2, 0.25) is 0 Å². The quantitative estimate of drug-likeness (QED) is 0.432. The zero-order valence-electron chi connectivity index (χ0n) is 23.5. The summed E-state index contributed by atoms with van der Waals surface area (Å²) in [5, 5.41) is 28.5. The van der Waals surface area contributed by atoms with E-state index < -0.39 is 0 Å². The van der Waals surface area contributed by atoms with Crippen LogP contribution in [0.1, 0.15) is 33.4 Å². The zero-order chi connectivity index (χ0) is 27.4. The third-order valence-electron chi connectivity index (χ3n) is 5.31. The molecule has 36 heavy (non-hydrogen) atoms. The molecule has 3 N–H and O–H groups in total. The highest BCUT2D eigenvalue weighted by Crippen LogP contribution is 2.21. The van der Waals surface area contributed by atoms with Crippen molar-refractivity contribution in [3.63, 3.8) is 0 Å². The second kappa shape index (κ2) is 15.1. The predicted molar refractivity (Wildman–Crippen MR) is 151 cm³/mol. The molecule has 3 aromatic carbocycles. The van der Waals surface area contributed by atoms with Gasteiger partial charge in [-0.2, -0.15) is 0 Å². The number of aryl methyl sites for hydroxylation is 3. The van der Waals surface area contributed by atoms with Crippen LogP contribution in [0.5, 0.6) is 17.2 Å². The molecule has 0 aliphatic carbocycles. The van der Waals surface area contributed by atoms with Gasteiger partial charge in [0.2, 0.25) is 0 Å². The molecule has 0 heterocycles. The van der Waals surface area contributed by atoms with E-state index in [1.807, 2.05) is 114 Å². The highest BCUT2D eigenvalue weighted by molar-refractivity contribution is 5.38. The van der Waals surface area contributed by atoms with Crippen molar-refractivity contribution < 1.29 is 15.3 Å². The van der Waals surface area contributed by atoms with Crippen LogP contribution >= 0.6 is 0 Å². The third-order valence-corrected chi connectivity index (χ3v) is 5.31. The molecular weight excluding hydrogens is 450 g/mol. The van der Waals surface area contributed by atoms with Crippen LogP contribution in [0.25, 0.3) is 0 Å². The maximum Gasteiger partial charge on any atom is 0.120 e. The Labute approximate surface area is 218 Å². The molecule has 0 spiro atoms. The fourth-order valence-corrected chi connectivity index (χ4v) is 3.54. The number of hydrogen-bond donors (Lipinski definition) is 3. The average Bonchev–Trinajstić information content (AvgIpc) is 2.76. The van der Waals surface area contributed by atoms with E-state index in [1.54, 1.807) is 18.2 Å². The second-order valence-electron chi connectivity index (χ2n) is 10.1. The highest BCUT2D eigenvalue weighted by atomic mass is 16.3. The van der Waals surface area contributed by atoms with Crippen LogP contribution in [-0.2, 0) is 19.6 Å². The molecule has 0 aromatic heterocycles. The van der Waals surface area contributed by atoms with Crippen LogP contribution in [-0.4, -0.2) is 72.3 Å². The fourth-order valence-electron chi connectivity index (χ4n) is 3.54. The number of hydrogen-bond acceptors (Lipinski definition) is 6. The van der Waals surface area contributed by atoms with Crippen LogP contribution in [0.3, 0.4) is 0 Å². The SMILES string of the molecule is Cc1ccc(CN(C)C)c(O)c1.Cc1ccc(O)c(CN(C)C)c1.Cc1cccc(O)c1CN(C)C. The van der Waals surface area contributed by atoms with Gasteiger partial charge in [-0.1, -0.05) is 42.0 Å². The number of phenolic OH excluding ortho intramolecular Hbond substituents is 3. The molecule has 0 radical (unpaired) electrons. The van der Waals surface area contributed by atoms with Gasteiger partial charge in [-0.15, -0.1) is 0 Å². The Hall–Kier alpha value is -3.06. The monoisotopic (exact) mass is 495 g/mol. The molecule has 6 heteroatoms. The topological polar surface area (TPSA) is 70.4 Å². The smallest absolute Gasteiger partial charge is 0.120 e. The van der Waals surface area contributed by atoms with E-state index in [0.29, 0.717) is 17.2 Å². The van der Waals surface area contributed by atoms with Gasteiger partial charge >= 0.3 is 0 Å². The Balaban J connectivity index is 0.000000270. The first kappa shape index (κ1) is 31.0. The zero-order valence-corrected chi connectivity index (χ0v) is 23.5. The van der Waals surface area contributed by atoms with Crippen molar-refractivity contribution in [2.75, 3.05) is 42.3 Å². The molecule has 0 amide bonds. The predicted octanol–water partition coefficient (Wildman–Crippen LogP) is 5.29. The van der Waals surface area contributed by atoms with Crippen molar-refractivity contribution in [2.45, 2.75) is 40.4 Å². The maximum absolute atomic E-state index is 9.51. The van der Waals surface area contributed by atoms with E-state index >= 15 is 0 Å². The summed E-state index contributed by atoms with van der Waals surface area (Å²) in [7, 11) is 11.9. The largest absolute Gasteiger partial charge is 0.508 e. The first-order chi connectivity index (χ1) is 16.8. The third kappa shape index (κ3) is 11.6. The lowest BCUT2D eigenvalue weighted by molar-refractivity contribution is 0.384. The Kier molecular flexibility index (Phi) is 13.0. The molecule has 0 saturated heterocycles. The van der Waals surface area contributed by atoms with Crippen LogP contribution in [0.15, 0.2) is 54.6 Å². The lowest BCUT2D eigenvalue weighted by Gasteiger charge is -2.13. The Morgan fingerprint density at radius 1 is 0.528 bits per heavy atom. The van der Waals surface area contributed by atoms with Crippen molar-refractivity contribution in [2.24, 2.45) is 0 Å². The van der Waals surface area contributed by atoms with E-state index in [2.05, 4.69) is 0 Å². The Morgan fingerprint density at radius 2 is 1.06 bits per heavy atom. The lowest BCUT2D eigenvalue weighted by Crippen LogP contribution is -2.11. The van der Waals surface area contributed by atoms with Crippen LogP contribution < -0.4 is 0 Å². The molecule has 3 rings (SSSR count). The molecule has 198 valence electrons. The number of aromatic hydroxyl groups is 3. The summed E-state index contributed by atoms with van der Waals surface area (Å²) in [6.07, 6.45) is 0. The molecule has 0 unspecified atom stereocenters. The van der Waals surface area contributed by atoms with Gasteiger partial charge in [0.1, 0.15) is 17.2 Å². The summed E-state index contributed by atoms with van der Waals surface area (Å²) in [6.45, 7) is 8.37. The highest BCUT2D eigenvalue weighted by Gasteiger charge is 2.04. The molecule has 0 saturated carbocycles. The van der Waals surface area contributed by atoms with Crippen LogP contribution in [0, 0.1) is 20.8 Å². The van der Waals surface area contributed by atoms with Gasteiger partial charge < -0.3 is 30.0 Å². The minimum Gasteiger partial charge on any atom is -0.508 e. The molecule has 6 nitrogen and oxygen atoms in total. The van der Waals surface area contributed by atoms with E-state index in [4.69, 9.17) is 0 Å². The summed E-state index contributed by atoms with van der Waals surface area (Å²) >= 11 is 0. The number of phenols is 3. The summed E-state index contributed by atoms with van der Waals surface area (Å²) in [5.41, 5.74) is 6.40. The second-order valence-corrected chi connectivity index (χ2v) is 10.1. The van der Waals surface area contributed by atoms with Crippen molar-refractivity contribution in [3.8, 4) is 17.2 Å². The Bertz CT molecular complexity index is 1060. The number of benzene rings is 3. The average molecular weight is 496 g/mol. The first-order valence-electron chi connectivity index (χ1n) is 12.1. The van der Waals surface area contributed by atoms with Crippen LogP contribution in [0.4, 0.5) is 0 Å². The molecular formula is C30H45N3O3. The van der Waals surface area contributed by atoms with E-state index in [-0.39, 0.29) is 0 Å². The van der Waals surface area contributed by atoms with Crippen molar-refractivity contribution in [3.05, 3.63) is 88.0 Å². The van der Waals surface area contributed by atoms with Gasteiger partial charge in [-0.05, 0) is 92.4 Å². The molecule has 0 atom stereocenters. The van der Waals surface area contributed by atoms with Gasteiger partial charge in [-0.25, -0.2) is 0 Å².